The molecular formula is C20H23N3O. The van der Waals surface area contributed by atoms with Crippen LogP contribution in [0, 0.1) is 6.92 Å². The number of benzene rings is 2. The molecule has 1 N–H and O–H groups in total. The first kappa shape index (κ1) is 16.2. The molecule has 3 aromatic rings. The van der Waals surface area contributed by atoms with Crippen LogP contribution in [0.4, 0.5) is 0 Å². The Morgan fingerprint density at radius 1 is 1.12 bits per heavy atom. The molecule has 0 spiro atoms. The number of hydrogen-bond acceptors (Lipinski definition) is 2. The van der Waals surface area contributed by atoms with Gasteiger partial charge in [0.2, 0.25) is 0 Å². The first-order chi connectivity index (χ1) is 11.6. The molecule has 0 aliphatic carbocycles. The highest BCUT2D eigenvalue weighted by atomic mass is 16.2. The maximum absolute atomic E-state index is 12.6. The minimum absolute atomic E-state index is 0.0669. The molecule has 4 heteroatoms. The van der Waals surface area contributed by atoms with Crippen molar-refractivity contribution in [1.82, 2.24) is 15.1 Å². The zero-order valence-corrected chi connectivity index (χ0v) is 14.2. The number of nitrogens with zero attached hydrogens (tertiary/aromatic N) is 2. The van der Waals surface area contributed by atoms with Gasteiger partial charge in [0.15, 0.2) is 0 Å². The monoisotopic (exact) mass is 321 g/mol. The molecular weight excluding hydrogens is 298 g/mol. The summed E-state index contributed by atoms with van der Waals surface area (Å²) in [5.41, 5.74) is 3.96. The predicted octanol–water partition coefficient (Wildman–Crippen LogP) is 3.97. The normalized spacial score (nSPS) is 10.9. The molecule has 4 nitrogen and oxygen atoms in total. The Balaban J connectivity index is 1.54. The highest BCUT2D eigenvalue weighted by Crippen LogP contribution is 2.18. The molecule has 2 aromatic carbocycles. The van der Waals surface area contributed by atoms with Crippen molar-refractivity contribution >= 4 is 16.8 Å². The Morgan fingerprint density at radius 3 is 2.71 bits per heavy atom. The lowest BCUT2D eigenvalue weighted by Crippen LogP contribution is -2.27. The number of aromatic amines is 1. The third-order valence-electron chi connectivity index (χ3n) is 4.39. The standard InChI is InChI=1S/C20H23N3O/c1-15-18-14-17(11-12-19(18)22-21-15)20(24)23(2)13-7-6-10-16-8-4-3-5-9-16/h3-5,8-9,11-12,14H,6-7,10,13H2,1-2H3,(H,21,22). The van der Waals surface area contributed by atoms with E-state index in [1.54, 1.807) is 0 Å². The van der Waals surface area contributed by atoms with Crippen molar-refractivity contribution in [3.05, 3.63) is 65.4 Å². The summed E-state index contributed by atoms with van der Waals surface area (Å²) in [6.45, 7) is 2.74. The molecule has 3 rings (SSSR count). The first-order valence-corrected chi connectivity index (χ1v) is 8.39. The van der Waals surface area contributed by atoms with Crippen molar-refractivity contribution in [1.29, 1.82) is 0 Å². The van der Waals surface area contributed by atoms with Gasteiger partial charge in [-0.15, -0.1) is 0 Å². The van der Waals surface area contributed by atoms with E-state index in [4.69, 9.17) is 0 Å². The Labute approximate surface area is 142 Å². The fourth-order valence-corrected chi connectivity index (χ4v) is 2.92. The molecule has 0 unspecified atom stereocenters. The lowest BCUT2D eigenvalue weighted by atomic mass is 10.1. The number of nitrogens with one attached hydrogen (secondary N) is 1. The van der Waals surface area contributed by atoms with E-state index in [1.165, 1.54) is 5.56 Å². The van der Waals surface area contributed by atoms with Gasteiger partial charge in [-0.1, -0.05) is 30.3 Å². The molecule has 0 saturated heterocycles. The van der Waals surface area contributed by atoms with Crippen molar-refractivity contribution in [3.63, 3.8) is 0 Å². The maximum Gasteiger partial charge on any atom is 0.253 e. The molecule has 1 amide bonds. The molecule has 24 heavy (non-hydrogen) atoms. The van der Waals surface area contributed by atoms with Crippen LogP contribution in [0.5, 0.6) is 0 Å². The maximum atomic E-state index is 12.6. The Hall–Kier alpha value is -2.62. The summed E-state index contributed by atoms with van der Waals surface area (Å²) in [7, 11) is 1.87. The Bertz CT molecular complexity index is 823. The van der Waals surface area contributed by atoms with Crippen LogP contribution in [-0.2, 0) is 6.42 Å². The lowest BCUT2D eigenvalue weighted by molar-refractivity contribution is 0.0793. The first-order valence-electron chi connectivity index (χ1n) is 8.39. The van der Waals surface area contributed by atoms with Gasteiger partial charge in [-0.3, -0.25) is 9.89 Å². The summed E-state index contributed by atoms with van der Waals surface area (Å²) in [6.07, 6.45) is 3.15. The second-order valence-corrected chi connectivity index (χ2v) is 6.25. The van der Waals surface area contributed by atoms with Gasteiger partial charge in [0, 0.05) is 30.2 Å². The average Bonchev–Trinajstić information content (AvgIpc) is 2.99. The SMILES string of the molecule is Cc1[nH]nc2ccc(C(=O)N(C)CCCCc3ccccc3)cc12. The van der Waals surface area contributed by atoms with Crippen LogP contribution in [0.1, 0.15) is 34.5 Å². The number of H-pyrrole nitrogens is 1. The molecule has 0 radical (unpaired) electrons. The summed E-state index contributed by atoms with van der Waals surface area (Å²) >= 11 is 0. The fraction of sp³-hybridized carbons (Fsp3) is 0.300. The van der Waals surface area contributed by atoms with E-state index in [-0.39, 0.29) is 5.91 Å². The molecule has 0 aliphatic heterocycles. The van der Waals surface area contributed by atoms with Crippen molar-refractivity contribution in [2.75, 3.05) is 13.6 Å². The summed E-state index contributed by atoms with van der Waals surface area (Å²) in [4.78, 5) is 14.4. The van der Waals surface area contributed by atoms with Gasteiger partial charge in [0.25, 0.3) is 5.91 Å². The van der Waals surface area contributed by atoms with Crippen molar-refractivity contribution in [2.24, 2.45) is 0 Å². The highest BCUT2D eigenvalue weighted by molar-refractivity contribution is 5.98. The van der Waals surface area contributed by atoms with Crippen LogP contribution in [0.3, 0.4) is 0 Å². The number of aromatic nitrogens is 2. The van der Waals surface area contributed by atoms with E-state index in [2.05, 4.69) is 34.5 Å². The molecule has 0 saturated carbocycles. The van der Waals surface area contributed by atoms with Gasteiger partial charge < -0.3 is 4.90 Å². The van der Waals surface area contributed by atoms with E-state index in [9.17, 15) is 4.79 Å². The number of fused-ring (bicyclic) bond motifs is 1. The fourth-order valence-electron chi connectivity index (χ4n) is 2.92. The second kappa shape index (κ2) is 7.30. The summed E-state index contributed by atoms with van der Waals surface area (Å²) in [6, 6.07) is 16.2. The molecule has 0 atom stereocenters. The van der Waals surface area contributed by atoms with Crippen LogP contribution in [0.15, 0.2) is 48.5 Å². The predicted molar refractivity (Wildman–Crippen MR) is 97.2 cm³/mol. The van der Waals surface area contributed by atoms with Gasteiger partial charge in [-0.05, 0) is 49.9 Å². The third kappa shape index (κ3) is 3.65. The van der Waals surface area contributed by atoms with Crippen LogP contribution >= 0.6 is 0 Å². The average molecular weight is 321 g/mol. The Kier molecular flexibility index (Phi) is 4.94. The summed E-state index contributed by atoms with van der Waals surface area (Å²) in [5.74, 6) is 0.0669. The number of unbranched alkanes of at least 4 members (excludes halogenated alkanes) is 1. The van der Waals surface area contributed by atoms with Gasteiger partial charge in [0.05, 0.1) is 5.52 Å². The van der Waals surface area contributed by atoms with Crippen LogP contribution in [-0.4, -0.2) is 34.6 Å². The number of carbonyl (C=O) groups is 1. The molecule has 124 valence electrons. The topological polar surface area (TPSA) is 49.0 Å². The number of aryl methyl sites for hydroxylation is 2. The van der Waals surface area contributed by atoms with E-state index in [1.807, 2.05) is 43.1 Å². The summed E-state index contributed by atoms with van der Waals surface area (Å²) in [5, 5.41) is 8.17. The largest absolute Gasteiger partial charge is 0.342 e. The highest BCUT2D eigenvalue weighted by Gasteiger charge is 2.13. The molecule has 1 aromatic heterocycles. The summed E-state index contributed by atoms with van der Waals surface area (Å²) < 4.78 is 0. The number of carbonyl (C=O) groups excluding carboxylic acids is 1. The number of amides is 1. The Morgan fingerprint density at radius 2 is 1.92 bits per heavy atom. The van der Waals surface area contributed by atoms with Gasteiger partial charge in [-0.2, -0.15) is 5.10 Å². The van der Waals surface area contributed by atoms with E-state index in [0.29, 0.717) is 0 Å². The smallest absolute Gasteiger partial charge is 0.253 e. The van der Waals surface area contributed by atoms with E-state index >= 15 is 0 Å². The number of rotatable bonds is 6. The third-order valence-corrected chi connectivity index (χ3v) is 4.39. The minimum Gasteiger partial charge on any atom is -0.342 e. The number of hydrogen-bond donors (Lipinski definition) is 1. The minimum atomic E-state index is 0.0669. The molecule has 1 heterocycles. The van der Waals surface area contributed by atoms with Gasteiger partial charge in [-0.25, -0.2) is 0 Å². The van der Waals surface area contributed by atoms with Crippen molar-refractivity contribution in [3.8, 4) is 0 Å². The van der Waals surface area contributed by atoms with Crippen molar-refractivity contribution in [2.45, 2.75) is 26.2 Å². The van der Waals surface area contributed by atoms with E-state index in [0.717, 1.165) is 48.0 Å². The second-order valence-electron chi connectivity index (χ2n) is 6.25. The van der Waals surface area contributed by atoms with Crippen LogP contribution < -0.4 is 0 Å². The van der Waals surface area contributed by atoms with E-state index < -0.39 is 0 Å². The van der Waals surface area contributed by atoms with Crippen LogP contribution in [0.25, 0.3) is 10.9 Å². The molecule has 0 bridgehead atoms. The lowest BCUT2D eigenvalue weighted by Gasteiger charge is -2.17. The van der Waals surface area contributed by atoms with Gasteiger partial charge in [0.1, 0.15) is 0 Å². The quantitative estimate of drug-likeness (QED) is 0.698. The van der Waals surface area contributed by atoms with Gasteiger partial charge >= 0.3 is 0 Å². The molecule has 0 aliphatic rings. The zero-order valence-electron chi connectivity index (χ0n) is 14.2. The molecule has 0 fully saturated rings. The van der Waals surface area contributed by atoms with Crippen molar-refractivity contribution < 1.29 is 4.79 Å². The zero-order chi connectivity index (χ0) is 16.9. The van der Waals surface area contributed by atoms with Crippen LogP contribution in [0.2, 0.25) is 0 Å².